The van der Waals surface area contributed by atoms with Crippen LogP contribution in [0, 0.1) is 6.92 Å². The van der Waals surface area contributed by atoms with Crippen molar-refractivity contribution in [2.24, 2.45) is 7.05 Å². The molecule has 0 amide bonds. The normalized spacial score (nSPS) is 13.6. The molecule has 0 radical (unpaired) electrons. The van der Waals surface area contributed by atoms with Crippen LogP contribution < -0.4 is 4.72 Å². The number of nitrogens with one attached hydrogen (secondary N) is 1. The van der Waals surface area contributed by atoms with Crippen molar-refractivity contribution in [1.29, 1.82) is 0 Å². The lowest BCUT2D eigenvalue weighted by molar-refractivity contribution is 0.543. The lowest BCUT2D eigenvalue weighted by atomic mass is 10.2. The Morgan fingerprint density at radius 1 is 1.50 bits per heavy atom. The largest absolute Gasteiger partial charge is 0.260 e. The van der Waals surface area contributed by atoms with Crippen LogP contribution in [0.5, 0.6) is 0 Å². The first-order valence-electron chi connectivity index (χ1n) is 5.92. The third kappa shape index (κ3) is 3.46. The van der Waals surface area contributed by atoms with Gasteiger partial charge in [0.15, 0.2) is 4.60 Å². The number of aryl methyl sites for hydroxylation is 2. The molecule has 2 aromatic rings. The molecule has 6 nitrogen and oxygen atoms in total. The molecule has 2 aromatic heterocycles. The average molecular weight is 379 g/mol. The Hall–Kier alpha value is -0.770. The van der Waals surface area contributed by atoms with Crippen molar-refractivity contribution in [2.75, 3.05) is 0 Å². The second kappa shape index (κ2) is 5.92. The molecule has 0 aliphatic carbocycles. The van der Waals surface area contributed by atoms with Gasteiger partial charge in [0, 0.05) is 22.8 Å². The van der Waals surface area contributed by atoms with E-state index in [1.165, 1.54) is 9.56 Å². The zero-order valence-corrected chi connectivity index (χ0v) is 14.5. The molecule has 2 heterocycles. The summed E-state index contributed by atoms with van der Waals surface area (Å²) in [4.78, 5) is 2.37. The van der Waals surface area contributed by atoms with E-state index in [-0.39, 0.29) is 15.7 Å². The van der Waals surface area contributed by atoms with Gasteiger partial charge in [-0.15, -0.1) is 16.4 Å². The Kier molecular flexibility index (Phi) is 4.62. The fourth-order valence-electron chi connectivity index (χ4n) is 1.87. The van der Waals surface area contributed by atoms with Crippen LogP contribution in [0.25, 0.3) is 0 Å². The summed E-state index contributed by atoms with van der Waals surface area (Å²) in [6, 6.07) is 3.84. The summed E-state index contributed by atoms with van der Waals surface area (Å²) in [6.45, 7) is 3.87. The first-order chi connectivity index (χ1) is 9.29. The molecule has 0 fully saturated rings. The predicted octanol–water partition coefficient (Wildman–Crippen LogP) is 1.86. The second-order valence-electron chi connectivity index (χ2n) is 4.55. The smallest absolute Gasteiger partial charge is 0.235 e. The van der Waals surface area contributed by atoms with E-state index >= 15 is 0 Å². The van der Waals surface area contributed by atoms with Gasteiger partial charge in [-0.2, -0.15) is 0 Å². The Morgan fingerprint density at radius 3 is 2.70 bits per heavy atom. The minimum atomic E-state index is -3.65. The van der Waals surface area contributed by atoms with Crippen LogP contribution in [-0.4, -0.2) is 29.5 Å². The van der Waals surface area contributed by atoms with E-state index in [4.69, 9.17) is 0 Å². The first-order valence-corrected chi connectivity index (χ1v) is 9.01. The number of thiophene rings is 1. The Labute approximate surface area is 130 Å². The number of sulfonamides is 1. The summed E-state index contributed by atoms with van der Waals surface area (Å²) in [5.41, 5.74) is 0. The number of nitrogens with zero attached hydrogens (tertiary/aromatic N) is 3. The van der Waals surface area contributed by atoms with Crippen LogP contribution >= 0.6 is 27.3 Å². The molecule has 110 valence electrons. The summed E-state index contributed by atoms with van der Waals surface area (Å²) in [5.74, 6) is 0. The maximum atomic E-state index is 12.3. The predicted molar refractivity (Wildman–Crippen MR) is 81.2 cm³/mol. The van der Waals surface area contributed by atoms with Gasteiger partial charge in [0.25, 0.3) is 10.0 Å². The molecule has 1 N–H and O–H groups in total. The van der Waals surface area contributed by atoms with Gasteiger partial charge in [-0.05, 0) is 48.3 Å². The van der Waals surface area contributed by atoms with Crippen molar-refractivity contribution in [3.63, 3.8) is 0 Å². The van der Waals surface area contributed by atoms with Gasteiger partial charge in [-0.25, -0.2) is 17.8 Å². The van der Waals surface area contributed by atoms with E-state index in [0.717, 1.165) is 4.88 Å². The summed E-state index contributed by atoms with van der Waals surface area (Å²) >= 11 is 4.77. The van der Waals surface area contributed by atoms with Gasteiger partial charge in [-0.1, -0.05) is 5.21 Å². The van der Waals surface area contributed by atoms with Crippen molar-refractivity contribution < 1.29 is 8.42 Å². The topological polar surface area (TPSA) is 76.9 Å². The minimum absolute atomic E-state index is 0.0340. The lowest BCUT2D eigenvalue weighted by Gasteiger charge is -2.13. The van der Waals surface area contributed by atoms with Crippen molar-refractivity contribution in [3.05, 3.63) is 26.5 Å². The molecule has 2 rings (SSSR count). The number of halogens is 1. The highest BCUT2D eigenvalue weighted by atomic mass is 79.9. The zero-order valence-electron chi connectivity index (χ0n) is 11.3. The molecule has 1 unspecified atom stereocenters. The lowest BCUT2D eigenvalue weighted by Crippen LogP contribution is -2.35. The van der Waals surface area contributed by atoms with Crippen LogP contribution in [-0.2, 0) is 23.5 Å². The van der Waals surface area contributed by atoms with Gasteiger partial charge < -0.3 is 0 Å². The van der Waals surface area contributed by atoms with Crippen molar-refractivity contribution in [1.82, 2.24) is 19.7 Å². The minimum Gasteiger partial charge on any atom is -0.235 e. The molecule has 9 heteroatoms. The summed E-state index contributed by atoms with van der Waals surface area (Å²) in [6.07, 6.45) is 0.653. The van der Waals surface area contributed by atoms with Crippen LogP contribution in [0.3, 0.4) is 0 Å². The quantitative estimate of drug-likeness (QED) is 0.860. The van der Waals surface area contributed by atoms with Gasteiger partial charge in [-0.3, -0.25) is 0 Å². The first kappa shape index (κ1) is 15.6. The van der Waals surface area contributed by atoms with Gasteiger partial charge in [0.1, 0.15) is 0 Å². The second-order valence-corrected chi connectivity index (χ2v) is 8.30. The SMILES string of the molecule is Cc1ccc(CC(C)NS(=O)(=O)c2c(Br)nnn2C)s1. The molecule has 0 saturated heterocycles. The molecule has 0 saturated carbocycles. The molecule has 1 atom stereocenters. The van der Waals surface area contributed by atoms with E-state index < -0.39 is 10.0 Å². The molecule has 0 bridgehead atoms. The van der Waals surface area contributed by atoms with Gasteiger partial charge in [0.2, 0.25) is 5.03 Å². The van der Waals surface area contributed by atoms with E-state index in [1.807, 2.05) is 26.0 Å². The highest BCUT2D eigenvalue weighted by Gasteiger charge is 2.25. The molecule has 0 aliphatic rings. The van der Waals surface area contributed by atoms with Gasteiger partial charge in [0.05, 0.1) is 0 Å². The fraction of sp³-hybridized carbons (Fsp3) is 0.455. The number of hydrogen-bond donors (Lipinski definition) is 1. The standard InChI is InChI=1S/C11H15BrN4O2S2/c1-7(6-9-5-4-8(2)19-9)14-20(17,18)11-10(12)13-15-16(11)3/h4-5,7,14H,6H2,1-3H3. The molecular formula is C11H15BrN4O2S2. The van der Waals surface area contributed by atoms with E-state index in [1.54, 1.807) is 18.4 Å². The average Bonchev–Trinajstić information content (AvgIpc) is 2.84. The van der Waals surface area contributed by atoms with E-state index in [0.29, 0.717) is 6.42 Å². The highest BCUT2D eigenvalue weighted by molar-refractivity contribution is 9.10. The van der Waals surface area contributed by atoms with E-state index in [9.17, 15) is 8.42 Å². The molecule has 20 heavy (non-hydrogen) atoms. The highest BCUT2D eigenvalue weighted by Crippen LogP contribution is 2.20. The zero-order chi connectivity index (χ0) is 14.9. The maximum absolute atomic E-state index is 12.3. The molecule has 0 aliphatic heterocycles. The number of hydrogen-bond acceptors (Lipinski definition) is 5. The van der Waals surface area contributed by atoms with E-state index in [2.05, 4.69) is 31.0 Å². The summed E-state index contributed by atoms with van der Waals surface area (Å²) in [5, 5.41) is 7.40. The van der Waals surface area contributed by atoms with Crippen LogP contribution in [0.15, 0.2) is 21.8 Å². The summed E-state index contributed by atoms with van der Waals surface area (Å²) in [7, 11) is -2.10. The molecule has 0 spiro atoms. The van der Waals surface area contributed by atoms with Crippen LogP contribution in [0.1, 0.15) is 16.7 Å². The molecular weight excluding hydrogens is 364 g/mol. The van der Waals surface area contributed by atoms with Crippen molar-refractivity contribution >= 4 is 37.3 Å². The van der Waals surface area contributed by atoms with Gasteiger partial charge >= 0.3 is 0 Å². The van der Waals surface area contributed by atoms with Crippen LogP contribution in [0.2, 0.25) is 0 Å². The fourth-order valence-corrected chi connectivity index (χ4v) is 5.22. The van der Waals surface area contributed by atoms with Crippen molar-refractivity contribution in [3.8, 4) is 0 Å². The number of aromatic nitrogens is 3. The summed E-state index contributed by atoms with van der Waals surface area (Å²) < 4.78 is 28.7. The Bertz CT molecular complexity index is 688. The number of rotatable bonds is 5. The third-order valence-electron chi connectivity index (χ3n) is 2.65. The maximum Gasteiger partial charge on any atom is 0.260 e. The third-order valence-corrected chi connectivity index (χ3v) is 6.15. The Balaban J connectivity index is 2.12. The Morgan fingerprint density at radius 2 is 2.20 bits per heavy atom. The monoisotopic (exact) mass is 378 g/mol. The van der Waals surface area contributed by atoms with Crippen molar-refractivity contribution in [2.45, 2.75) is 31.3 Å². The molecule has 0 aromatic carbocycles. The van der Waals surface area contributed by atoms with Crippen LogP contribution in [0.4, 0.5) is 0 Å².